The van der Waals surface area contributed by atoms with Crippen LogP contribution in [-0.2, 0) is 19.5 Å². The van der Waals surface area contributed by atoms with Gasteiger partial charge in [-0.2, -0.15) is 0 Å². The van der Waals surface area contributed by atoms with Crippen molar-refractivity contribution in [2.45, 2.75) is 25.9 Å². The average Bonchev–Trinajstić information content (AvgIpc) is 3.14. The fourth-order valence-electron chi connectivity index (χ4n) is 3.03. The standard InChI is InChI=1S/C15H18N6/c1-2-14-18-4-5-20(14)11-12(1)7-17-8-13-9-19-15-10-16-3-6-21(13)15/h3-6,9-10,12,17H,1-2,7-8,11H2. The summed E-state index contributed by atoms with van der Waals surface area (Å²) in [7, 11) is 0. The zero-order chi connectivity index (χ0) is 14.1. The number of fused-ring (bicyclic) bond motifs is 2. The molecule has 1 unspecified atom stereocenters. The molecule has 4 rings (SSSR count). The second-order valence-corrected chi connectivity index (χ2v) is 5.59. The van der Waals surface area contributed by atoms with Crippen LogP contribution in [0.15, 0.2) is 37.2 Å². The molecule has 1 aliphatic rings. The van der Waals surface area contributed by atoms with E-state index in [1.165, 1.54) is 17.9 Å². The van der Waals surface area contributed by atoms with Crippen LogP contribution in [0.25, 0.3) is 5.65 Å². The molecule has 3 aromatic heterocycles. The molecule has 6 heteroatoms. The van der Waals surface area contributed by atoms with E-state index in [1.807, 2.05) is 18.6 Å². The van der Waals surface area contributed by atoms with Gasteiger partial charge in [0.25, 0.3) is 0 Å². The molecule has 0 bridgehead atoms. The number of nitrogens with one attached hydrogen (secondary N) is 1. The monoisotopic (exact) mass is 282 g/mol. The molecule has 0 fully saturated rings. The van der Waals surface area contributed by atoms with Gasteiger partial charge in [0, 0.05) is 50.8 Å². The van der Waals surface area contributed by atoms with Crippen LogP contribution in [0.2, 0.25) is 0 Å². The maximum absolute atomic E-state index is 4.37. The van der Waals surface area contributed by atoms with Gasteiger partial charge >= 0.3 is 0 Å². The van der Waals surface area contributed by atoms with E-state index < -0.39 is 0 Å². The van der Waals surface area contributed by atoms with Gasteiger partial charge in [-0.05, 0) is 12.3 Å². The zero-order valence-electron chi connectivity index (χ0n) is 11.8. The molecule has 6 nitrogen and oxygen atoms in total. The highest BCUT2D eigenvalue weighted by atomic mass is 15.1. The molecule has 3 aromatic rings. The van der Waals surface area contributed by atoms with Crippen LogP contribution >= 0.6 is 0 Å². The first-order chi connectivity index (χ1) is 10.4. The van der Waals surface area contributed by atoms with Gasteiger partial charge in [-0.25, -0.2) is 9.97 Å². The van der Waals surface area contributed by atoms with E-state index >= 15 is 0 Å². The Kier molecular flexibility index (Phi) is 3.16. The first kappa shape index (κ1) is 12.5. The number of rotatable bonds is 4. The number of imidazole rings is 2. The minimum atomic E-state index is 0.674. The maximum Gasteiger partial charge on any atom is 0.155 e. The van der Waals surface area contributed by atoms with Gasteiger partial charge in [0.1, 0.15) is 5.82 Å². The lowest BCUT2D eigenvalue weighted by atomic mass is 9.99. The van der Waals surface area contributed by atoms with Crippen LogP contribution in [0.5, 0.6) is 0 Å². The summed E-state index contributed by atoms with van der Waals surface area (Å²) in [6.07, 6.45) is 13.7. The van der Waals surface area contributed by atoms with Crippen LogP contribution in [0.4, 0.5) is 0 Å². The average molecular weight is 282 g/mol. The van der Waals surface area contributed by atoms with E-state index in [-0.39, 0.29) is 0 Å². The van der Waals surface area contributed by atoms with Crippen molar-refractivity contribution in [3.05, 3.63) is 48.7 Å². The minimum Gasteiger partial charge on any atom is -0.335 e. The molecule has 21 heavy (non-hydrogen) atoms. The quantitative estimate of drug-likeness (QED) is 0.783. The van der Waals surface area contributed by atoms with Crippen LogP contribution in [0.3, 0.4) is 0 Å². The fourth-order valence-corrected chi connectivity index (χ4v) is 3.03. The summed E-state index contributed by atoms with van der Waals surface area (Å²) in [5.41, 5.74) is 2.07. The van der Waals surface area contributed by atoms with Gasteiger partial charge in [0.05, 0.1) is 18.1 Å². The molecule has 1 N–H and O–H groups in total. The Hall–Kier alpha value is -2.21. The van der Waals surface area contributed by atoms with Crippen LogP contribution < -0.4 is 5.32 Å². The van der Waals surface area contributed by atoms with Crippen molar-refractivity contribution in [3.8, 4) is 0 Å². The Morgan fingerprint density at radius 3 is 3.19 bits per heavy atom. The molecule has 108 valence electrons. The van der Waals surface area contributed by atoms with Gasteiger partial charge in [-0.3, -0.25) is 9.38 Å². The topological polar surface area (TPSA) is 60.0 Å². The zero-order valence-corrected chi connectivity index (χ0v) is 11.8. The van der Waals surface area contributed by atoms with Gasteiger partial charge in [0.15, 0.2) is 5.65 Å². The van der Waals surface area contributed by atoms with Gasteiger partial charge in [-0.1, -0.05) is 0 Å². The lowest BCUT2D eigenvalue weighted by Gasteiger charge is -2.24. The normalized spacial score (nSPS) is 18.0. The highest BCUT2D eigenvalue weighted by Gasteiger charge is 2.18. The molecule has 1 aliphatic heterocycles. The first-order valence-corrected chi connectivity index (χ1v) is 7.37. The number of nitrogens with zero attached hydrogens (tertiary/aromatic N) is 5. The van der Waals surface area contributed by atoms with Crippen molar-refractivity contribution in [3.63, 3.8) is 0 Å². The third-order valence-electron chi connectivity index (χ3n) is 4.17. The molecule has 0 saturated carbocycles. The van der Waals surface area contributed by atoms with Crippen LogP contribution in [0, 0.1) is 5.92 Å². The van der Waals surface area contributed by atoms with Gasteiger partial charge in [-0.15, -0.1) is 0 Å². The summed E-state index contributed by atoms with van der Waals surface area (Å²) >= 11 is 0. The molecule has 0 amide bonds. The van der Waals surface area contributed by atoms with Gasteiger partial charge < -0.3 is 9.88 Å². The highest BCUT2D eigenvalue weighted by molar-refractivity contribution is 5.36. The van der Waals surface area contributed by atoms with Crippen LogP contribution in [-0.4, -0.2) is 30.5 Å². The minimum absolute atomic E-state index is 0.674. The van der Waals surface area contributed by atoms with Gasteiger partial charge in [0.2, 0.25) is 0 Å². The Bertz CT molecular complexity index is 743. The van der Waals surface area contributed by atoms with E-state index in [0.717, 1.165) is 31.7 Å². The van der Waals surface area contributed by atoms with Crippen molar-refractivity contribution in [2.75, 3.05) is 6.54 Å². The third kappa shape index (κ3) is 2.42. The number of aryl methyl sites for hydroxylation is 1. The number of aromatic nitrogens is 5. The Morgan fingerprint density at radius 2 is 2.19 bits per heavy atom. The summed E-state index contributed by atoms with van der Waals surface area (Å²) in [5.74, 6) is 1.90. The summed E-state index contributed by atoms with van der Waals surface area (Å²) in [5, 5.41) is 3.56. The first-order valence-electron chi connectivity index (χ1n) is 7.37. The molecule has 0 aromatic carbocycles. The summed E-state index contributed by atoms with van der Waals surface area (Å²) in [4.78, 5) is 12.8. The second kappa shape index (κ2) is 5.29. The van der Waals surface area contributed by atoms with Crippen molar-refractivity contribution < 1.29 is 0 Å². The fraction of sp³-hybridized carbons (Fsp3) is 0.400. The molecule has 0 saturated heterocycles. The lowest BCUT2D eigenvalue weighted by Crippen LogP contribution is -2.30. The largest absolute Gasteiger partial charge is 0.335 e. The number of hydrogen-bond donors (Lipinski definition) is 1. The predicted molar refractivity (Wildman–Crippen MR) is 78.7 cm³/mol. The van der Waals surface area contributed by atoms with Crippen molar-refractivity contribution in [1.82, 2.24) is 29.2 Å². The Balaban J connectivity index is 1.36. The lowest BCUT2D eigenvalue weighted by molar-refractivity contribution is 0.347. The van der Waals surface area contributed by atoms with Crippen molar-refractivity contribution in [1.29, 1.82) is 0 Å². The predicted octanol–water partition coefficient (Wildman–Crippen LogP) is 1.28. The molecule has 0 spiro atoms. The second-order valence-electron chi connectivity index (χ2n) is 5.59. The Morgan fingerprint density at radius 1 is 1.19 bits per heavy atom. The third-order valence-corrected chi connectivity index (χ3v) is 4.17. The molecule has 1 atom stereocenters. The molecule has 0 radical (unpaired) electrons. The maximum atomic E-state index is 4.37. The SMILES string of the molecule is c1cn2c(CNCC3CCc4nccn4C3)cnc2cn1. The molecule has 4 heterocycles. The highest BCUT2D eigenvalue weighted by Crippen LogP contribution is 2.18. The number of hydrogen-bond acceptors (Lipinski definition) is 4. The van der Waals surface area contributed by atoms with Crippen molar-refractivity contribution in [2.24, 2.45) is 5.92 Å². The summed E-state index contributed by atoms with van der Waals surface area (Å²) < 4.78 is 4.35. The van der Waals surface area contributed by atoms with Crippen LogP contribution in [0.1, 0.15) is 17.9 Å². The van der Waals surface area contributed by atoms with Crippen molar-refractivity contribution >= 4 is 5.65 Å². The van der Waals surface area contributed by atoms with E-state index in [4.69, 9.17) is 0 Å². The van der Waals surface area contributed by atoms with E-state index in [1.54, 1.807) is 12.4 Å². The molecule has 0 aliphatic carbocycles. The summed E-state index contributed by atoms with van der Waals surface area (Å²) in [6, 6.07) is 0. The van der Waals surface area contributed by atoms with E-state index in [0.29, 0.717) is 5.92 Å². The smallest absolute Gasteiger partial charge is 0.155 e. The summed E-state index contributed by atoms with van der Waals surface area (Å²) in [6.45, 7) is 2.92. The molecular formula is C15H18N6. The van der Waals surface area contributed by atoms with E-state index in [2.05, 4.69) is 35.4 Å². The molecular weight excluding hydrogens is 264 g/mol. The van der Waals surface area contributed by atoms with E-state index in [9.17, 15) is 0 Å². The Labute approximate surface area is 122 Å².